The molecule has 194 valence electrons. The molecule has 37 heavy (non-hydrogen) atoms. The molecule has 1 spiro atoms. The normalized spacial score (nSPS) is 20.4. The Morgan fingerprint density at radius 1 is 0.919 bits per heavy atom. The maximum atomic E-state index is 13.6. The van der Waals surface area contributed by atoms with Crippen LogP contribution in [-0.2, 0) is 21.4 Å². The number of benzene rings is 3. The maximum absolute atomic E-state index is 13.6. The van der Waals surface area contributed by atoms with E-state index in [9.17, 15) is 13.2 Å². The number of amides is 1. The van der Waals surface area contributed by atoms with Gasteiger partial charge in [-0.15, -0.1) is 0 Å². The first-order valence-electron chi connectivity index (χ1n) is 12.6. The Bertz CT molecular complexity index is 1380. The third kappa shape index (κ3) is 5.08. The minimum atomic E-state index is -3.79. The number of ether oxygens (including phenoxy) is 2. The van der Waals surface area contributed by atoms with Crippen LogP contribution in [0.5, 0.6) is 17.2 Å². The lowest BCUT2D eigenvalue weighted by molar-refractivity contribution is -0.138. The van der Waals surface area contributed by atoms with Crippen molar-refractivity contribution < 1.29 is 22.7 Å². The summed E-state index contributed by atoms with van der Waals surface area (Å²) >= 11 is 0. The second-order valence-electron chi connectivity index (χ2n) is 9.91. The van der Waals surface area contributed by atoms with Gasteiger partial charge in [0.1, 0.15) is 22.1 Å². The first-order chi connectivity index (χ1) is 17.8. The van der Waals surface area contributed by atoms with E-state index in [2.05, 4.69) is 0 Å². The summed E-state index contributed by atoms with van der Waals surface area (Å²) in [5.74, 6) is 1.87. The number of rotatable bonds is 7. The quantitative estimate of drug-likeness (QED) is 0.438. The lowest BCUT2D eigenvalue weighted by Crippen LogP contribution is -2.49. The minimum Gasteiger partial charge on any atom is -0.495 e. The van der Waals surface area contributed by atoms with Crippen molar-refractivity contribution in [3.05, 3.63) is 83.9 Å². The van der Waals surface area contributed by atoms with Crippen LogP contribution >= 0.6 is 0 Å². The van der Waals surface area contributed by atoms with E-state index in [0.29, 0.717) is 44.6 Å². The van der Waals surface area contributed by atoms with E-state index in [4.69, 9.17) is 9.47 Å². The Balaban J connectivity index is 1.28. The van der Waals surface area contributed by atoms with Crippen LogP contribution in [0.25, 0.3) is 0 Å². The smallest absolute Gasteiger partial charge is 0.246 e. The Hall–Kier alpha value is -3.36. The Labute approximate surface area is 218 Å². The van der Waals surface area contributed by atoms with E-state index >= 15 is 0 Å². The molecule has 7 nitrogen and oxygen atoms in total. The number of hydrogen-bond acceptors (Lipinski definition) is 5. The molecule has 2 heterocycles. The van der Waals surface area contributed by atoms with Crippen molar-refractivity contribution in [2.24, 2.45) is 5.41 Å². The highest BCUT2D eigenvalue weighted by Crippen LogP contribution is 2.43. The first kappa shape index (κ1) is 25.3. The number of piperidine rings is 1. The van der Waals surface area contributed by atoms with E-state index in [1.54, 1.807) is 18.2 Å². The van der Waals surface area contributed by atoms with Gasteiger partial charge in [-0.3, -0.25) is 4.79 Å². The fourth-order valence-electron chi connectivity index (χ4n) is 5.35. The number of para-hydroxylation sites is 1. The number of carbonyl (C=O) groups is 1. The SMILES string of the molecule is COc1cc(C)ccc1S(=O)(=O)N1CCCC2(CCN(Cc3ccc(Oc4ccccc4)cc3)C2=O)C1. The molecular formula is C29H32N2O5S. The number of carbonyl (C=O) groups excluding carboxylic acids is 1. The number of aryl methyl sites for hydroxylation is 1. The second kappa shape index (κ2) is 10.2. The summed E-state index contributed by atoms with van der Waals surface area (Å²) in [7, 11) is -2.32. The number of likely N-dealkylation sites (tertiary alicyclic amines) is 1. The molecule has 1 amide bonds. The Morgan fingerprint density at radius 2 is 1.65 bits per heavy atom. The average molecular weight is 521 g/mol. The third-order valence-corrected chi connectivity index (χ3v) is 9.24. The molecule has 0 bridgehead atoms. The molecule has 3 aromatic rings. The van der Waals surface area contributed by atoms with Gasteiger partial charge in [0.15, 0.2) is 0 Å². The summed E-state index contributed by atoms with van der Waals surface area (Å²) < 4.78 is 39.9. The predicted molar refractivity (Wildman–Crippen MR) is 141 cm³/mol. The van der Waals surface area contributed by atoms with Crippen LogP contribution < -0.4 is 9.47 Å². The lowest BCUT2D eigenvalue weighted by atomic mass is 9.79. The molecule has 2 saturated heterocycles. The van der Waals surface area contributed by atoms with Gasteiger partial charge in [0, 0.05) is 26.2 Å². The van der Waals surface area contributed by atoms with Gasteiger partial charge in [-0.25, -0.2) is 8.42 Å². The van der Waals surface area contributed by atoms with Gasteiger partial charge in [0.05, 0.1) is 12.5 Å². The molecule has 2 aliphatic heterocycles. The molecule has 0 aliphatic carbocycles. The molecule has 2 aliphatic rings. The first-order valence-corrected chi connectivity index (χ1v) is 14.0. The summed E-state index contributed by atoms with van der Waals surface area (Å²) in [5.41, 5.74) is 1.25. The number of sulfonamides is 1. The molecule has 3 aromatic carbocycles. The molecule has 1 atom stereocenters. The van der Waals surface area contributed by atoms with Gasteiger partial charge in [-0.05, 0) is 73.7 Å². The van der Waals surface area contributed by atoms with Crippen LogP contribution in [0.15, 0.2) is 77.7 Å². The molecule has 0 radical (unpaired) electrons. The van der Waals surface area contributed by atoms with Crippen LogP contribution in [-0.4, -0.2) is 50.3 Å². The summed E-state index contributed by atoms with van der Waals surface area (Å²) in [6.45, 7) is 3.60. The van der Waals surface area contributed by atoms with Crippen molar-refractivity contribution in [2.75, 3.05) is 26.7 Å². The van der Waals surface area contributed by atoms with Crippen molar-refractivity contribution in [3.8, 4) is 17.2 Å². The monoisotopic (exact) mass is 520 g/mol. The van der Waals surface area contributed by atoms with E-state index in [0.717, 1.165) is 22.6 Å². The van der Waals surface area contributed by atoms with Crippen molar-refractivity contribution in [2.45, 2.75) is 37.6 Å². The topological polar surface area (TPSA) is 76.2 Å². The second-order valence-corrected chi connectivity index (χ2v) is 11.8. The highest BCUT2D eigenvalue weighted by molar-refractivity contribution is 7.89. The summed E-state index contributed by atoms with van der Waals surface area (Å²) in [6.07, 6.45) is 2.00. The van der Waals surface area contributed by atoms with Gasteiger partial charge in [0.25, 0.3) is 0 Å². The van der Waals surface area contributed by atoms with Gasteiger partial charge < -0.3 is 14.4 Å². The molecule has 0 aromatic heterocycles. The van der Waals surface area contributed by atoms with Gasteiger partial charge in [0.2, 0.25) is 15.9 Å². The fraction of sp³-hybridized carbons (Fsp3) is 0.345. The lowest BCUT2D eigenvalue weighted by Gasteiger charge is -2.38. The number of methoxy groups -OCH3 is 1. The van der Waals surface area contributed by atoms with Crippen LogP contribution in [0, 0.1) is 12.3 Å². The molecule has 5 rings (SSSR count). The molecule has 0 N–H and O–H groups in total. The van der Waals surface area contributed by atoms with Gasteiger partial charge >= 0.3 is 0 Å². The Kier molecular flexibility index (Phi) is 6.96. The molecule has 8 heteroatoms. The number of hydrogen-bond donors (Lipinski definition) is 0. The van der Waals surface area contributed by atoms with Crippen molar-refractivity contribution >= 4 is 15.9 Å². The highest BCUT2D eigenvalue weighted by Gasteiger charge is 2.51. The largest absolute Gasteiger partial charge is 0.495 e. The van der Waals surface area contributed by atoms with Crippen molar-refractivity contribution in [1.29, 1.82) is 0 Å². The average Bonchev–Trinajstić information content (AvgIpc) is 3.19. The van der Waals surface area contributed by atoms with E-state index < -0.39 is 15.4 Å². The zero-order chi connectivity index (χ0) is 26.0. The minimum absolute atomic E-state index is 0.0351. The molecule has 0 saturated carbocycles. The summed E-state index contributed by atoms with van der Waals surface area (Å²) in [6, 6.07) is 22.4. The van der Waals surface area contributed by atoms with Gasteiger partial charge in [-0.1, -0.05) is 36.4 Å². The van der Waals surface area contributed by atoms with E-state index in [1.807, 2.05) is 66.4 Å². The highest BCUT2D eigenvalue weighted by atomic mass is 32.2. The summed E-state index contributed by atoms with van der Waals surface area (Å²) in [4.78, 5) is 15.6. The van der Waals surface area contributed by atoms with E-state index in [-0.39, 0.29) is 17.3 Å². The maximum Gasteiger partial charge on any atom is 0.246 e. The fourth-order valence-corrected chi connectivity index (χ4v) is 7.05. The van der Waals surface area contributed by atoms with Gasteiger partial charge in [-0.2, -0.15) is 4.31 Å². The van der Waals surface area contributed by atoms with Crippen LogP contribution in [0.2, 0.25) is 0 Å². The van der Waals surface area contributed by atoms with Crippen molar-refractivity contribution in [3.63, 3.8) is 0 Å². The molecule has 1 unspecified atom stereocenters. The molecule has 2 fully saturated rings. The van der Waals surface area contributed by atoms with Crippen LogP contribution in [0.3, 0.4) is 0 Å². The van der Waals surface area contributed by atoms with Crippen LogP contribution in [0.4, 0.5) is 0 Å². The third-order valence-electron chi connectivity index (χ3n) is 7.36. The van der Waals surface area contributed by atoms with Crippen LogP contribution in [0.1, 0.15) is 30.4 Å². The standard InChI is InChI=1S/C29H32N2O5S/c1-22-9-14-27(26(19-22)35-2)37(33,34)31-17-6-15-29(21-31)16-18-30(28(29)32)20-23-10-12-25(13-11-23)36-24-7-4-3-5-8-24/h3-5,7-14,19H,6,15-18,20-21H2,1-2H3. The predicted octanol–water partition coefficient (Wildman–Crippen LogP) is 5.00. The van der Waals surface area contributed by atoms with E-state index in [1.165, 1.54) is 11.4 Å². The molecular weight excluding hydrogens is 488 g/mol. The zero-order valence-corrected chi connectivity index (χ0v) is 22.0. The summed E-state index contributed by atoms with van der Waals surface area (Å²) in [5, 5.41) is 0. The Morgan fingerprint density at radius 3 is 2.38 bits per heavy atom. The number of nitrogens with zero attached hydrogens (tertiary/aromatic N) is 2. The zero-order valence-electron chi connectivity index (χ0n) is 21.2. The van der Waals surface area contributed by atoms with Crippen molar-refractivity contribution in [1.82, 2.24) is 9.21 Å².